The van der Waals surface area contributed by atoms with Gasteiger partial charge < -0.3 is 5.32 Å². The second-order valence-corrected chi connectivity index (χ2v) is 6.06. The van der Waals surface area contributed by atoms with Crippen LogP contribution in [0, 0.1) is 6.92 Å². The normalized spacial score (nSPS) is 12.6. The fourth-order valence-corrected chi connectivity index (χ4v) is 3.05. The predicted octanol–water partition coefficient (Wildman–Crippen LogP) is 3.83. The second kappa shape index (κ2) is 7.66. The van der Waals surface area contributed by atoms with Gasteiger partial charge in [0.1, 0.15) is 0 Å². The zero-order valence-corrected chi connectivity index (χ0v) is 14.2. The van der Waals surface area contributed by atoms with Gasteiger partial charge in [-0.2, -0.15) is 5.10 Å². The van der Waals surface area contributed by atoms with Gasteiger partial charge in [-0.25, -0.2) is 0 Å². The summed E-state index contributed by atoms with van der Waals surface area (Å²) in [6, 6.07) is 11.4. The van der Waals surface area contributed by atoms with E-state index in [0.717, 1.165) is 25.2 Å². The van der Waals surface area contributed by atoms with Crippen LogP contribution in [0.2, 0.25) is 0 Å². The molecular formula is C17H25N3S. The van der Waals surface area contributed by atoms with Crippen LogP contribution in [-0.4, -0.2) is 22.6 Å². The van der Waals surface area contributed by atoms with E-state index >= 15 is 0 Å². The molecule has 0 saturated heterocycles. The number of nitrogens with zero attached hydrogens (tertiary/aromatic N) is 2. The number of nitrogens with one attached hydrogen (secondary N) is 1. The van der Waals surface area contributed by atoms with Crippen molar-refractivity contribution in [3.05, 3.63) is 47.3 Å². The average molecular weight is 303 g/mol. The maximum Gasteiger partial charge on any atom is 0.0596 e. The van der Waals surface area contributed by atoms with E-state index in [1.54, 1.807) is 11.8 Å². The van der Waals surface area contributed by atoms with Gasteiger partial charge in [-0.05, 0) is 50.4 Å². The maximum absolute atomic E-state index is 4.55. The number of thioether (sulfide) groups is 1. The van der Waals surface area contributed by atoms with Crippen LogP contribution in [0.25, 0.3) is 0 Å². The number of aryl methyl sites for hydroxylation is 2. The molecule has 1 aromatic heterocycles. The Morgan fingerprint density at radius 2 is 1.95 bits per heavy atom. The molecule has 4 heteroatoms. The van der Waals surface area contributed by atoms with Crippen molar-refractivity contribution in [3.8, 4) is 0 Å². The third-order valence-electron chi connectivity index (χ3n) is 3.67. The van der Waals surface area contributed by atoms with Crippen molar-refractivity contribution < 1.29 is 0 Å². The van der Waals surface area contributed by atoms with Crippen LogP contribution in [0.4, 0.5) is 0 Å². The molecule has 0 bridgehead atoms. The van der Waals surface area contributed by atoms with Gasteiger partial charge in [0.2, 0.25) is 0 Å². The molecule has 0 aliphatic heterocycles. The quantitative estimate of drug-likeness (QED) is 0.789. The lowest BCUT2D eigenvalue weighted by Crippen LogP contribution is -2.24. The lowest BCUT2D eigenvalue weighted by Gasteiger charge is -2.19. The number of likely N-dealkylation sites (N-methyl/N-ethyl adjacent to an activating group) is 1. The van der Waals surface area contributed by atoms with Gasteiger partial charge in [-0.15, -0.1) is 11.8 Å². The van der Waals surface area contributed by atoms with E-state index in [2.05, 4.69) is 72.5 Å². The molecule has 21 heavy (non-hydrogen) atoms. The fraction of sp³-hybridized carbons (Fsp3) is 0.471. The highest BCUT2D eigenvalue weighted by Crippen LogP contribution is 2.22. The Morgan fingerprint density at radius 1 is 1.24 bits per heavy atom. The summed E-state index contributed by atoms with van der Waals surface area (Å²) in [5.41, 5.74) is 3.74. The molecular weight excluding hydrogens is 278 g/mol. The third-order valence-corrected chi connectivity index (χ3v) is 4.41. The van der Waals surface area contributed by atoms with Crippen LogP contribution >= 0.6 is 11.8 Å². The zero-order chi connectivity index (χ0) is 15.2. The molecule has 0 radical (unpaired) electrons. The number of rotatable bonds is 7. The van der Waals surface area contributed by atoms with E-state index in [4.69, 9.17) is 0 Å². The van der Waals surface area contributed by atoms with Crippen LogP contribution in [-0.2, 0) is 13.0 Å². The van der Waals surface area contributed by atoms with E-state index in [1.807, 2.05) is 0 Å². The summed E-state index contributed by atoms with van der Waals surface area (Å²) in [6.07, 6.45) is 3.08. The Bertz CT molecular complexity index is 560. The first-order valence-corrected chi connectivity index (χ1v) is 8.81. The summed E-state index contributed by atoms with van der Waals surface area (Å²) >= 11 is 1.78. The second-order valence-electron chi connectivity index (χ2n) is 5.18. The summed E-state index contributed by atoms with van der Waals surface area (Å²) in [7, 11) is 0. The topological polar surface area (TPSA) is 29.9 Å². The molecule has 3 nitrogen and oxygen atoms in total. The summed E-state index contributed by atoms with van der Waals surface area (Å²) in [4.78, 5) is 1.31. The van der Waals surface area contributed by atoms with Crippen LogP contribution in [0.1, 0.15) is 36.8 Å². The standard InChI is InChI=1S/C17H25N3S/c1-5-18-17(14-7-9-16(21-4)10-8-14)12-15-11-13(3)19-20(15)6-2/h7-11,17-18H,5-6,12H2,1-4H3. The lowest BCUT2D eigenvalue weighted by atomic mass is 10.0. The molecule has 1 unspecified atom stereocenters. The molecule has 1 N–H and O–H groups in total. The molecule has 0 aliphatic rings. The molecule has 0 aliphatic carbocycles. The summed E-state index contributed by atoms with van der Waals surface area (Å²) in [5, 5.41) is 8.15. The summed E-state index contributed by atoms with van der Waals surface area (Å²) < 4.78 is 2.11. The Morgan fingerprint density at radius 3 is 2.52 bits per heavy atom. The monoisotopic (exact) mass is 303 g/mol. The van der Waals surface area contributed by atoms with Gasteiger partial charge in [0.05, 0.1) is 5.69 Å². The van der Waals surface area contributed by atoms with Crippen molar-refractivity contribution in [3.63, 3.8) is 0 Å². The Hall–Kier alpha value is -1.26. The molecule has 2 rings (SSSR count). The summed E-state index contributed by atoms with van der Waals surface area (Å²) in [6.45, 7) is 8.25. The van der Waals surface area contributed by atoms with Crippen molar-refractivity contribution in [2.24, 2.45) is 0 Å². The maximum atomic E-state index is 4.55. The molecule has 2 aromatic rings. The molecule has 0 fully saturated rings. The van der Waals surface area contributed by atoms with Crippen molar-refractivity contribution in [1.29, 1.82) is 0 Å². The molecule has 0 amide bonds. The van der Waals surface area contributed by atoms with Crippen LogP contribution in [0.5, 0.6) is 0 Å². The number of aromatic nitrogens is 2. The first-order valence-electron chi connectivity index (χ1n) is 7.58. The van der Waals surface area contributed by atoms with Gasteiger partial charge in [-0.3, -0.25) is 4.68 Å². The smallest absolute Gasteiger partial charge is 0.0596 e. The molecule has 1 aromatic carbocycles. The number of hydrogen-bond acceptors (Lipinski definition) is 3. The Kier molecular flexibility index (Phi) is 5.88. The van der Waals surface area contributed by atoms with Crippen molar-refractivity contribution >= 4 is 11.8 Å². The van der Waals surface area contributed by atoms with Crippen LogP contribution < -0.4 is 5.32 Å². The molecule has 0 saturated carbocycles. The molecule has 1 heterocycles. The Labute approximate surface area is 132 Å². The van der Waals surface area contributed by atoms with E-state index in [9.17, 15) is 0 Å². The van der Waals surface area contributed by atoms with Gasteiger partial charge in [0, 0.05) is 29.6 Å². The minimum atomic E-state index is 0.340. The van der Waals surface area contributed by atoms with E-state index < -0.39 is 0 Å². The minimum absolute atomic E-state index is 0.340. The molecule has 1 atom stereocenters. The largest absolute Gasteiger partial charge is 0.310 e. The highest BCUT2D eigenvalue weighted by atomic mass is 32.2. The highest BCUT2D eigenvalue weighted by Gasteiger charge is 2.14. The molecule has 0 spiro atoms. The zero-order valence-electron chi connectivity index (χ0n) is 13.4. The van der Waals surface area contributed by atoms with E-state index in [1.165, 1.54) is 16.2 Å². The first-order chi connectivity index (χ1) is 10.2. The van der Waals surface area contributed by atoms with Gasteiger partial charge in [-0.1, -0.05) is 19.1 Å². The van der Waals surface area contributed by atoms with Gasteiger partial charge in [0.15, 0.2) is 0 Å². The van der Waals surface area contributed by atoms with Gasteiger partial charge >= 0.3 is 0 Å². The number of benzene rings is 1. The van der Waals surface area contributed by atoms with Crippen molar-refractivity contribution in [1.82, 2.24) is 15.1 Å². The average Bonchev–Trinajstić information content (AvgIpc) is 2.87. The van der Waals surface area contributed by atoms with Gasteiger partial charge in [0.25, 0.3) is 0 Å². The van der Waals surface area contributed by atoms with Crippen LogP contribution in [0.15, 0.2) is 35.2 Å². The minimum Gasteiger partial charge on any atom is -0.310 e. The SMILES string of the molecule is CCNC(Cc1cc(C)nn1CC)c1ccc(SC)cc1. The summed E-state index contributed by atoms with van der Waals surface area (Å²) in [5.74, 6) is 0. The third kappa shape index (κ3) is 4.11. The van der Waals surface area contributed by atoms with Crippen molar-refractivity contribution in [2.75, 3.05) is 12.8 Å². The van der Waals surface area contributed by atoms with Crippen molar-refractivity contribution in [2.45, 2.75) is 44.7 Å². The predicted molar refractivity (Wildman–Crippen MR) is 91.0 cm³/mol. The first kappa shape index (κ1) is 16.1. The fourth-order valence-electron chi connectivity index (χ4n) is 2.64. The highest BCUT2D eigenvalue weighted by molar-refractivity contribution is 7.98. The van der Waals surface area contributed by atoms with E-state index in [-0.39, 0.29) is 0 Å². The molecule has 114 valence electrons. The van der Waals surface area contributed by atoms with E-state index in [0.29, 0.717) is 6.04 Å². The number of hydrogen-bond donors (Lipinski definition) is 1. The van der Waals surface area contributed by atoms with Crippen LogP contribution in [0.3, 0.4) is 0 Å². The lowest BCUT2D eigenvalue weighted by molar-refractivity contribution is 0.516. The Balaban J connectivity index is 2.21.